The first-order chi connectivity index (χ1) is 11.8. The molecule has 5 nitrogen and oxygen atoms in total. The van der Waals surface area contributed by atoms with Crippen LogP contribution in [0.15, 0.2) is 29.2 Å². The van der Waals surface area contributed by atoms with Gasteiger partial charge in [-0.25, -0.2) is 8.42 Å². The molecule has 1 N–H and O–H groups in total. The van der Waals surface area contributed by atoms with Gasteiger partial charge in [-0.1, -0.05) is 24.1 Å². The average molecular weight is 365 g/mol. The van der Waals surface area contributed by atoms with Crippen molar-refractivity contribution in [3.05, 3.63) is 29.8 Å². The Bertz CT molecular complexity index is 730. The molecular formula is C19H28N2O3S. The van der Waals surface area contributed by atoms with Crippen LogP contribution in [0.1, 0.15) is 38.2 Å². The van der Waals surface area contributed by atoms with Gasteiger partial charge in [-0.05, 0) is 63.0 Å². The van der Waals surface area contributed by atoms with Crippen LogP contribution in [-0.4, -0.2) is 38.3 Å². The van der Waals surface area contributed by atoms with Crippen molar-refractivity contribution in [2.75, 3.05) is 13.6 Å². The molecule has 0 saturated heterocycles. The third-order valence-corrected chi connectivity index (χ3v) is 7.74. The van der Waals surface area contributed by atoms with E-state index in [1.54, 1.807) is 24.3 Å². The third kappa shape index (κ3) is 3.90. The summed E-state index contributed by atoms with van der Waals surface area (Å²) in [4.78, 5) is 12.6. The molecule has 0 unspecified atom stereocenters. The lowest BCUT2D eigenvalue weighted by Gasteiger charge is -2.29. The number of sulfonamides is 1. The van der Waals surface area contributed by atoms with Gasteiger partial charge in [0, 0.05) is 13.1 Å². The standard InChI is InChI=1S/C19H28N2O3S/c1-13-4-8-17(9-5-13)25(23,24)21(3)12-19(22)20-14(2)18-11-15-6-7-16(18)10-15/h4-5,8-9,14-16,18H,6-7,10-12H2,1-3H3,(H,20,22)/t14-,15+,16+,18-/m1/s1. The number of aryl methyl sites for hydroxylation is 1. The first-order valence-electron chi connectivity index (χ1n) is 9.09. The van der Waals surface area contributed by atoms with Crippen molar-refractivity contribution in [3.8, 4) is 0 Å². The molecular weight excluding hydrogens is 336 g/mol. The molecule has 1 aromatic carbocycles. The van der Waals surface area contributed by atoms with E-state index in [2.05, 4.69) is 12.2 Å². The Morgan fingerprint density at radius 3 is 2.48 bits per heavy atom. The van der Waals surface area contributed by atoms with Crippen molar-refractivity contribution in [1.29, 1.82) is 0 Å². The van der Waals surface area contributed by atoms with Crippen LogP contribution in [0.3, 0.4) is 0 Å². The average Bonchev–Trinajstić information content (AvgIpc) is 3.18. The second-order valence-corrected chi connectivity index (χ2v) is 9.81. The summed E-state index contributed by atoms with van der Waals surface area (Å²) in [5.74, 6) is 1.88. The van der Waals surface area contributed by atoms with Crippen molar-refractivity contribution in [1.82, 2.24) is 9.62 Å². The van der Waals surface area contributed by atoms with Gasteiger partial charge in [0.25, 0.3) is 0 Å². The van der Waals surface area contributed by atoms with Crippen LogP contribution < -0.4 is 5.32 Å². The van der Waals surface area contributed by atoms with Gasteiger partial charge >= 0.3 is 0 Å². The van der Waals surface area contributed by atoms with E-state index >= 15 is 0 Å². The molecule has 0 aromatic heterocycles. The Morgan fingerprint density at radius 2 is 1.92 bits per heavy atom. The quantitative estimate of drug-likeness (QED) is 0.844. The van der Waals surface area contributed by atoms with Crippen molar-refractivity contribution in [2.45, 2.75) is 50.5 Å². The van der Waals surface area contributed by atoms with Gasteiger partial charge in [0.2, 0.25) is 15.9 Å². The van der Waals surface area contributed by atoms with Gasteiger partial charge in [0.15, 0.2) is 0 Å². The number of fused-ring (bicyclic) bond motifs is 2. The van der Waals surface area contributed by atoms with Gasteiger partial charge in [-0.2, -0.15) is 4.31 Å². The van der Waals surface area contributed by atoms with Crippen LogP contribution in [0.5, 0.6) is 0 Å². The molecule has 138 valence electrons. The molecule has 0 aliphatic heterocycles. The molecule has 2 bridgehead atoms. The van der Waals surface area contributed by atoms with Crippen LogP contribution in [0.4, 0.5) is 0 Å². The molecule has 0 spiro atoms. The molecule has 2 saturated carbocycles. The van der Waals surface area contributed by atoms with Gasteiger partial charge in [-0.15, -0.1) is 0 Å². The summed E-state index contributed by atoms with van der Waals surface area (Å²) >= 11 is 0. The monoisotopic (exact) mass is 364 g/mol. The molecule has 1 amide bonds. The number of carbonyl (C=O) groups is 1. The molecule has 2 fully saturated rings. The molecule has 2 aliphatic carbocycles. The largest absolute Gasteiger partial charge is 0.352 e. The number of amides is 1. The molecule has 2 aliphatic rings. The maximum absolute atomic E-state index is 12.6. The zero-order chi connectivity index (χ0) is 18.2. The highest BCUT2D eigenvalue weighted by Crippen LogP contribution is 2.49. The summed E-state index contributed by atoms with van der Waals surface area (Å²) in [5, 5.41) is 3.03. The summed E-state index contributed by atoms with van der Waals surface area (Å²) < 4.78 is 26.3. The maximum atomic E-state index is 12.6. The summed E-state index contributed by atoms with van der Waals surface area (Å²) in [5.41, 5.74) is 0.999. The van der Waals surface area contributed by atoms with E-state index in [9.17, 15) is 13.2 Å². The summed E-state index contributed by atoms with van der Waals surface area (Å²) in [6, 6.07) is 6.79. The zero-order valence-electron chi connectivity index (χ0n) is 15.2. The number of likely N-dealkylation sites (N-methyl/N-ethyl adjacent to an activating group) is 1. The second kappa shape index (κ2) is 7.08. The fraction of sp³-hybridized carbons (Fsp3) is 0.632. The number of nitrogens with zero attached hydrogens (tertiary/aromatic N) is 1. The number of hydrogen-bond donors (Lipinski definition) is 1. The first kappa shape index (κ1) is 18.4. The second-order valence-electron chi connectivity index (χ2n) is 7.77. The number of hydrogen-bond acceptors (Lipinski definition) is 3. The minimum atomic E-state index is -3.64. The number of carbonyl (C=O) groups excluding carboxylic acids is 1. The molecule has 0 radical (unpaired) electrons. The number of rotatable bonds is 6. The minimum Gasteiger partial charge on any atom is -0.352 e. The topological polar surface area (TPSA) is 66.5 Å². The van der Waals surface area contributed by atoms with E-state index in [-0.39, 0.29) is 23.4 Å². The Balaban J connectivity index is 1.57. The van der Waals surface area contributed by atoms with Crippen LogP contribution in [0, 0.1) is 24.7 Å². The highest BCUT2D eigenvalue weighted by atomic mass is 32.2. The van der Waals surface area contributed by atoms with Gasteiger partial charge in [0.1, 0.15) is 0 Å². The predicted molar refractivity (Wildman–Crippen MR) is 97.5 cm³/mol. The van der Waals surface area contributed by atoms with E-state index in [1.807, 2.05) is 6.92 Å². The molecule has 3 rings (SSSR count). The highest BCUT2D eigenvalue weighted by Gasteiger charge is 2.42. The third-order valence-electron chi connectivity index (χ3n) is 5.92. The summed E-state index contributed by atoms with van der Waals surface area (Å²) in [6.07, 6.45) is 5.10. The van der Waals surface area contributed by atoms with E-state index in [0.717, 1.165) is 21.7 Å². The van der Waals surface area contributed by atoms with Gasteiger partial charge < -0.3 is 5.32 Å². The van der Waals surface area contributed by atoms with Crippen LogP contribution in [0.25, 0.3) is 0 Å². The molecule has 0 heterocycles. The Labute approximate surface area is 150 Å². The van der Waals surface area contributed by atoms with Crippen molar-refractivity contribution in [3.63, 3.8) is 0 Å². The number of nitrogens with one attached hydrogen (secondary N) is 1. The van der Waals surface area contributed by atoms with Crippen LogP contribution >= 0.6 is 0 Å². The summed E-state index contributed by atoms with van der Waals surface area (Å²) in [7, 11) is -2.19. The Morgan fingerprint density at radius 1 is 1.24 bits per heavy atom. The van der Waals surface area contributed by atoms with Crippen molar-refractivity contribution < 1.29 is 13.2 Å². The fourth-order valence-electron chi connectivity index (χ4n) is 4.49. The van der Waals surface area contributed by atoms with Gasteiger partial charge in [0.05, 0.1) is 11.4 Å². The lowest BCUT2D eigenvalue weighted by molar-refractivity contribution is -0.122. The van der Waals surface area contributed by atoms with Crippen LogP contribution in [0.2, 0.25) is 0 Å². The molecule has 1 aromatic rings. The van der Waals surface area contributed by atoms with E-state index in [1.165, 1.54) is 32.7 Å². The van der Waals surface area contributed by atoms with Crippen molar-refractivity contribution >= 4 is 15.9 Å². The predicted octanol–water partition coefficient (Wildman–Crippen LogP) is 2.56. The smallest absolute Gasteiger partial charge is 0.243 e. The summed E-state index contributed by atoms with van der Waals surface area (Å²) in [6.45, 7) is 3.81. The van der Waals surface area contributed by atoms with Crippen molar-refractivity contribution in [2.24, 2.45) is 17.8 Å². The SMILES string of the molecule is Cc1ccc(S(=O)(=O)N(C)CC(=O)N[C@H](C)[C@H]2C[C@H]3CC[C@H]2C3)cc1. The van der Waals surface area contributed by atoms with Crippen LogP contribution in [-0.2, 0) is 14.8 Å². The zero-order valence-corrected chi connectivity index (χ0v) is 16.1. The maximum Gasteiger partial charge on any atom is 0.243 e. The molecule has 6 heteroatoms. The van der Waals surface area contributed by atoms with Gasteiger partial charge in [-0.3, -0.25) is 4.79 Å². The first-order valence-corrected chi connectivity index (χ1v) is 10.5. The highest BCUT2D eigenvalue weighted by molar-refractivity contribution is 7.89. The Hall–Kier alpha value is -1.40. The van der Waals surface area contributed by atoms with E-state index < -0.39 is 10.0 Å². The van der Waals surface area contributed by atoms with E-state index in [0.29, 0.717) is 5.92 Å². The fourth-order valence-corrected chi connectivity index (χ4v) is 5.62. The minimum absolute atomic E-state index is 0.110. The number of benzene rings is 1. The Kier molecular flexibility index (Phi) is 5.21. The molecule has 4 atom stereocenters. The van der Waals surface area contributed by atoms with E-state index in [4.69, 9.17) is 0 Å². The lowest BCUT2D eigenvalue weighted by Crippen LogP contribution is -2.45. The normalized spacial score (nSPS) is 26.8. The molecule has 25 heavy (non-hydrogen) atoms. The lowest BCUT2D eigenvalue weighted by atomic mass is 9.84.